The van der Waals surface area contributed by atoms with Crippen molar-refractivity contribution in [2.45, 2.75) is 51.1 Å². The van der Waals surface area contributed by atoms with E-state index in [4.69, 9.17) is 4.74 Å². The lowest BCUT2D eigenvalue weighted by Crippen LogP contribution is -2.36. The van der Waals surface area contributed by atoms with E-state index in [1.807, 2.05) is 0 Å². The fourth-order valence-corrected chi connectivity index (χ4v) is 5.10. The molecule has 1 aromatic heterocycles. The predicted molar refractivity (Wildman–Crippen MR) is 153 cm³/mol. The van der Waals surface area contributed by atoms with Gasteiger partial charge in [-0.25, -0.2) is 8.78 Å². The molecule has 0 bridgehead atoms. The van der Waals surface area contributed by atoms with Crippen LogP contribution < -0.4 is 25.2 Å². The first-order chi connectivity index (χ1) is 21.2. The molecule has 2 atom stereocenters. The molecule has 2 aliphatic rings. The van der Waals surface area contributed by atoms with E-state index in [2.05, 4.69) is 10.1 Å². The molecule has 1 saturated carbocycles. The Morgan fingerprint density at radius 1 is 1.07 bits per heavy atom. The summed E-state index contributed by atoms with van der Waals surface area (Å²) in [6.07, 6.45) is -1.93. The Labute approximate surface area is 255 Å². The van der Waals surface area contributed by atoms with Crippen LogP contribution in [0.25, 0.3) is 0 Å². The third-order valence-electron chi connectivity index (χ3n) is 7.56. The highest BCUT2D eigenvalue weighted by atomic mass is 19.4. The number of benzene rings is 2. The van der Waals surface area contributed by atoms with Crippen LogP contribution in [0, 0.1) is 24.5 Å². The zero-order chi connectivity index (χ0) is 33.1. The van der Waals surface area contributed by atoms with Gasteiger partial charge in [0.1, 0.15) is 28.8 Å². The van der Waals surface area contributed by atoms with Gasteiger partial charge in [0.25, 0.3) is 11.5 Å². The number of hydrogen-bond donors (Lipinski definition) is 2. The van der Waals surface area contributed by atoms with Crippen LogP contribution in [0.3, 0.4) is 0 Å². The van der Waals surface area contributed by atoms with E-state index in [1.165, 1.54) is 35.8 Å². The van der Waals surface area contributed by atoms with Crippen molar-refractivity contribution in [2.24, 2.45) is 5.92 Å². The van der Waals surface area contributed by atoms with E-state index in [0.29, 0.717) is 5.56 Å². The molecule has 2 amide bonds. The summed E-state index contributed by atoms with van der Waals surface area (Å²) in [5, 5.41) is 12.6. The van der Waals surface area contributed by atoms with Gasteiger partial charge in [-0.1, -0.05) is 0 Å². The minimum atomic E-state index is -4.71. The van der Waals surface area contributed by atoms with E-state index in [-0.39, 0.29) is 71.1 Å². The summed E-state index contributed by atoms with van der Waals surface area (Å²) in [4.78, 5) is 38.1. The van der Waals surface area contributed by atoms with Gasteiger partial charge in [-0.15, -0.1) is 13.2 Å². The molecule has 45 heavy (non-hydrogen) atoms. The van der Waals surface area contributed by atoms with Crippen LogP contribution in [0.2, 0.25) is 0 Å². The summed E-state index contributed by atoms with van der Waals surface area (Å²) < 4.78 is 74.2. The normalized spacial score (nSPS) is 17.0. The van der Waals surface area contributed by atoms with Gasteiger partial charge in [0, 0.05) is 55.4 Å². The molecule has 2 fully saturated rings. The third kappa shape index (κ3) is 8.18. The van der Waals surface area contributed by atoms with E-state index in [0.717, 1.165) is 37.1 Å². The van der Waals surface area contributed by atoms with Crippen molar-refractivity contribution in [2.75, 3.05) is 25.6 Å². The highest BCUT2D eigenvalue weighted by Crippen LogP contribution is 2.36. The van der Waals surface area contributed by atoms with Crippen LogP contribution in [0.15, 0.2) is 53.5 Å². The van der Waals surface area contributed by atoms with Gasteiger partial charge < -0.3 is 29.4 Å². The van der Waals surface area contributed by atoms with Gasteiger partial charge in [-0.05, 0) is 61.6 Å². The standard InChI is InChI=1S/C22H24F2N2O4.C9H8F3NO2/c1-12-5-6-25(11-18(27)13-3-4-13)22(29)21(12)26-10-14(7-19(26)28)20-16(23)8-15(30-2)9-17(20)24;1-13-8(14)6-2-4-7(5-3-6)15-9(10,11)12/h5-6,8-9,13-14,18,27H,3-4,7,10-11H2,1-2H3;2-5H,1H3,(H,13,14). The monoisotopic (exact) mass is 637 g/mol. The highest BCUT2D eigenvalue weighted by molar-refractivity contribution is 5.97. The number of aliphatic hydroxyl groups excluding tert-OH is 1. The first kappa shape index (κ1) is 33.4. The van der Waals surface area contributed by atoms with E-state index < -0.39 is 30.0 Å². The number of pyridine rings is 1. The number of carbonyl (C=O) groups excluding carboxylic acids is 2. The average Bonchev–Trinajstić information content (AvgIpc) is 3.77. The van der Waals surface area contributed by atoms with E-state index in [9.17, 15) is 41.4 Å². The van der Waals surface area contributed by atoms with Crippen molar-refractivity contribution in [3.63, 3.8) is 0 Å². The molecule has 2 aromatic carbocycles. The maximum atomic E-state index is 14.5. The maximum absolute atomic E-state index is 14.5. The summed E-state index contributed by atoms with van der Waals surface area (Å²) in [7, 11) is 2.75. The lowest BCUT2D eigenvalue weighted by atomic mass is 9.97. The highest BCUT2D eigenvalue weighted by Gasteiger charge is 2.37. The molecule has 2 heterocycles. The number of rotatable bonds is 8. The number of methoxy groups -OCH3 is 1. The molecule has 2 N–H and O–H groups in total. The van der Waals surface area contributed by atoms with Crippen LogP contribution in [-0.2, 0) is 11.3 Å². The van der Waals surface area contributed by atoms with Gasteiger partial charge in [0.05, 0.1) is 19.8 Å². The van der Waals surface area contributed by atoms with Crippen LogP contribution in [0.4, 0.5) is 27.6 Å². The van der Waals surface area contributed by atoms with Gasteiger partial charge in [-0.3, -0.25) is 14.4 Å². The molecule has 0 radical (unpaired) electrons. The summed E-state index contributed by atoms with van der Waals surface area (Å²) in [6, 6.07) is 8.55. The quantitative estimate of drug-likeness (QED) is 0.348. The molecular formula is C31H32F5N3O6. The second-order valence-corrected chi connectivity index (χ2v) is 10.8. The number of amides is 2. The van der Waals surface area contributed by atoms with Crippen molar-refractivity contribution >= 4 is 17.5 Å². The number of nitrogens with zero attached hydrogens (tertiary/aromatic N) is 2. The Balaban J connectivity index is 0.000000259. The fraction of sp³-hybridized carbons (Fsp3) is 0.387. The molecule has 1 saturated heterocycles. The largest absolute Gasteiger partial charge is 0.573 e. The summed E-state index contributed by atoms with van der Waals surface area (Å²) in [5.74, 6) is -3.08. The molecule has 9 nitrogen and oxygen atoms in total. The molecule has 242 valence electrons. The zero-order valence-corrected chi connectivity index (χ0v) is 24.7. The minimum Gasteiger partial charge on any atom is -0.497 e. The number of anilines is 1. The van der Waals surface area contributed by atoms with E-state index in [1.54, 1.807) is 19.2 Å². The summed E-state index contributed by atoms with van der Waals surface area (Å²) in [6.45, 7) is 1.88. The van der Waals surface area contributed by atoms with E-state index >= 15 is 0 Å². The lowest BCUT2D eigenvalue weighted by Gasteiger charge is -2.21. The maximum Gasteiger partial charge on any atom is 0.573 e. The van der Waals surface area contributed by atoms with Crippen molar-refractivity contribution in [3.8, 4) is 11.5 Å². The first-order valence-electron chi connectivity index (χ1n) is 14.0. The summed E-state index contributed by atoms with van der Waals surface area (Å²) in [5.41, 5.74) is 0.500. The van der Waals surface area contributed by atoms with Gasteiger partial charge >= 0.3 is 6.36 Å². The average molecular weight is 638 g/mol. The number of nitrogens with one attached hydrogen (secondary N) is 1. The van der Waals surface area contributed by atoms with Crippen LogP contribution in [-0.4, -0.2) is 54.7 Å². The number of halogens is 5. The lowest BCUT2D eigenvalue weighted by molar-refractivity contribution is -0.274. The Morgan fingerprint density at radius 2 is 1.69 bits per heavy atom. The van der Waals surface area contributed by atoms with Gasteiger partial charge in [0.15, 0.2) is 0 Å². The van der Waals surface area contributed by atoms with Crippen LogP contribution in [0.5, 0.6) is 11.5 Å². The molecule has 14 heteroatoms. The predicted octanol–water partition coefficient (Wildman–Crippen LogP) is 4.68. The molecule has 1 aliphatic heterocycles. The molecule has 5 rings (SSSR count). The van der Waals surface area contributed by atoms with Crippen molar-refractivity contribution in [1.29, 1.82) is 0 Å². The number of aromatic nitrogens is 1. The number of ether oxygens (including phenoxy) is 2. The number of aryl methyl sites for hydroxylation is 1. The van der Waals surface area contributed by atoms with Crippen LogP contribution in [0.1, 0.15) is 46.7 Å². The van der Waals surface area contributed by atoms with Gasteiger partial charge in [-0.2, -0.15) is 0 Å². The smallest absolute Gasteiger partial charge is 0.497 e. The molecule has 1 aliphatic carbocycles. The Bertz CT molecular complexity index is 1580. The van der Waals surface area contributed by atoms with Gasteiger partial charge in [0.2, 0.25) is 5.91 Å². The molecule has 2 unspecified atom stereocenters. The minimum absolute atomic E-state index is 0.00424. The topological polar surface area (TPSA) is 110 Å². The number of hydrogen-bond acceptors (Lipinski definition) is 6. The summed E-state index contributed by atoms with van der Waals surface area (Å²) >= 11 is 0. The molecule has 3 aromatic rings. The fourth-order valence-electron chi connectivity index (χ4n) is 5.10. The van der Waals surface area contributed by atoms with Crippen molar-refractivity contribution in [1.82, 2.24) is 9.88 Å². The first-order valence-corrected chi connectivity index (χ1v) is 14.0. The Morgan fingerprint density at radius 3 is 2.22 bits per heavy atom. The number of aliphatic hydroxyl groups is 1. The van der Waals surface area contributed by atoms with Crippen molar-refractivity contribution in [3.05, 3.63) is 87.3 Å². The number of carbonyl (C=O) groups is 2. The second-order valence-electron chi connectivity index (χ2n) is 10.8. The molecule has 0 spiro atoms. The van der Waals surface area contributed by atoms with Crippen molar-refractivity contribution < 1.29 is 46.1 Å². The second kappa shape index (κ2) is 13.7. The zero-order valence-electron chi connectivity index (χ0n) is 24.7. The Hall–Kier alpha value is -4.46. The SMILES string of the molecule is CNC(=O)c1ccc(OC(F)(F)F)cc1.COc1cc(F)c(C2CC(=O)N(c3c(C)ccn(CC(O)C4CC4)c3=O)C2)c(F)c1. The third-order valence-corrected chi connectivity index (χ3v) is 7.56. The Kier molecular flexibility index (Phi) is 10.2. The number of alkyl halides is 3. The van der Waals surface area contributed by atoms with Crippen LogP contribution >= 0.6 is 0 Å². The molecular weight excluding hydrogens is 605 g/mol.